The number of aliphatic carboxylic acids is 1. The van der Waals surface area contributed by atoms with Crippen LogP contribution in [-0.4, -0.2) is 60.4 Å². The number of rotatable bonds is 8. The number of nitrogens with zero attached hydrogens (tertiary/aromatic N) is 2. The Balaban J connectivity index is 1.65. The quantitative estimate of drug-likeness (QED) is 0.503. The summed E-state index contributed by atoms with van der Waals surface area (Å²) in [6.45, 7) is 7.08. The first-order valence-electron chi connectivity index (χ1n) is 11.6. The van der Waals surface area contributed by atoms with Crippen molar-refractivity contribution in [2.45, 2.75) is 63.2 Å². The highest BCUT2D eigenvalue weighted by atomic mass is 35.5. The standard InChI is InChI=1S/C25H30ClF3N2O4S/c1-16-9-20(13-24(32)33)11-21(10-16)36(34,35)31-17(2)14-30(15-18(31)3)8-4-5-19-6-7-22(23(26)12-19)25(27,28)29/h6-7,9-12,17-18H,4-5,8,13-15H2,1-3H3,(H,32,33). The van der Waals surface area contributed by atoms with Gasteiger partial charge in [-0.1, -0.05) is 23.7 Å². The van der Waals surface area contributed by atoms with E-state index < -0.39 is 27.7 Å². The van der Waals surface area contributed by atoms with E-state index in [0.29, 0.717) is 49.2 Å². The van der Waals surface area contributed by atoms with E-state index in [0.717, 1.165) is 6.07 Å². The molecule has 0 bridgehead atoms. The summed E-state index contributed by atoms with van der Waals surface area (Å²) in [5.41, 5.74) is 0.974. The van der Waals surface area contributed by atoms with Gasteiger partial charge < -0.3 is 10.0 Å². The Kier molecular flexibility index (Phi) is 8.75. The summed E-state index contributed by atoms with van der Waals surface area (Å²) in [5, 5.41) is 8.78. The van der Waals surface area contributed by atoms with E-state index >= 15 is 0 Å². The number of sulfonamides is 1. The van der Waals surface area contributed by atoms with Gasteiger partial charge in [0.15, 0.2) is 0 Å². The largest absolute Gasteiger partial charge is 0.481 e. The first-order chi connectivity index (χ1) is 16.7. The van der Waals surface area contributed by atoms with E-state index in [9.17, 15) is 26.4 Å². The second-order valence-corrected chi connectivity index (χ2v) is 11.7. The predicted molar refractivity (Wildman–Crippen MR) is 132 cm³/mol. The summed E-state index contributed by atoms with van der Waals surface area (Å²) in [4.78, 5) is 13.4. The van der Waals surface area contributed by atoms with Crippen LogP contribution in [0, 0.1) is 6.92 Å². The normalized spacial score (nSPS) is 20.0. The maximum Gasteiger partial charge on any atom is 0.417 e. The summed E-state index contributed by atoms with van der Waals surface area (Å²) in [6, 6.07) is 7.80. The van der Waals surface area contributed by atoms with Crippen LogP contribution in [0.3, 0.4) is 0 Å². The summed E-state index contributed by atoms with van der Waals surface area (Å²) in [5.74, 6) is -1.03. The summed E-state index contributed by atoms with van der Waals surface area (Å²) < 4.78 is 67.2. The molecule has 2 aromatic rings. The fourth-order valence-electron chi connectivity index (χ4n) is 4.90. The molecule has 0 radical (unpaired) electrons. The lowest BCUT2D eigenvalue weighted by atomic mass is 10.1. The Hall–Kier alpha value is -2.14. The van der Waals surface area contributed by atoms with Crippen LogP contribution in [0.4, 0.5) is 13.2 Å². The van der Waals surface area contributed by atoms with Crippen LogP contribution < -0.4 is 0 Å². The molecule has 36 heavy (non-hydrogen) atoms. The zero-order valence-electron chi connectivity index (χ0n) is 20.3. The first-order valence-corrected chi connectivity index (χ1v) is 13.4. The number of halogens is 4. The summed E-state index contributed by atoms with van der Waals surface area (Å²) in [6.07, 6.45) is -3.51. The molecule has 1 fully saturated rings. The van der Waals surface area contributed by atoms with Gasteiger partial charge in [0.2, 0.25) is 10.0 Å². The molecular formula is C25H30ClF3N2O4S. The van der Waals surface area contributed by atoms with Crippen molar-refractivity contribution < 1.29 is 31.5 Å². The second-order valence-electron chi connectivity index (χ2n) is 9.43. The second kappa shape index (κ2) is 11.1. The number of piperazine rings is 1. The molecule has 0 spiro atoms. The van der Waals surface area contributed by atoms with Gasteiger partial charge in [-0.25, -0.2) is 8.42 Å². The molecule has 198 valence electrons. The lowest BCUT2D eigenvalue weighted by Gasteiger charge is -2.43. The van der Waals surface area contributed by atoms with Crippen LogP contribution in [0.25, 0.3) is 0 Å². The van der Waals surface area contributed by atoms with Gasteiger partial charge in [-0.05, 0) is 81.1 Å². The van der Waals surface area contributed by atoms with Crippen molar-refractivity contribution in [1.82, 2.24) is 9.21 Å². The van der Waals surface area contributed by atoms with Crippen LogP contribution in [-0.2, 0) is 33.8 Å². The molecule has 2 aromatic carbocycles. The van der Waals surface area contributed by atoms with Crippen molar-refractivity contribution in [3.63, 3.8) is 0 Å². The van der Waals surface area contributed by atoms with E-state index in [4.69, 9.17) is 16.7 Å². The van der Waals surface area contributed by atoms with E-state index in [1.807, 2.05) is 13.8 Å². The Morgan fingerprint density at radius 1 is 1.08 bits per heavy atom. The first kappa shape index (κ1) is 28.4. The van der Waals surface area contributed by atoms with Gasteiger partial charge in [-0.3, -0.25) is 4.79 Å². The number of benzene rings is 2. The Morgan fingerprint density at radius 3 is 2.28 bits per heavy atom. The average molecular weight is 547 g/mol. The van der Waals surface area contributed by atoms with Gasteiger partial charge in [0.25, 0.3) is 0 Å². The number of carboxylic acid groups (broad SMARTS) is 1. The van der Waals surface area contributed by atoms with Crippen molar-refractivity contribution in [3.8, 4) is 0 Å². The van der Waals surface area contributed by atoms with E-state index in [1.165, 1.54) is 22.5 Å². The highest BCUT2D eigenvalue weighted by Gasteiger charge is 2.38. The van der Waals surface area contributed by atoms with E-state index in [1.54, 1.807) is 19.1 Å². The van der Waals surface area contributed by atoms with Crippen molar-refractivity contribution in [3.05, 3.63) is 63.7 Å². The average Bonchev–Trinajstić information content (AvgIpc) is 2.71. The number of aryl methyl sites for hydroxylation is 2. The van der Waals surface area contributed by atoms with Crippen molar-refractivity contribution >= 4 is 27.6 Å². The lowest BCUT2D eigenvalue weighted by Crippen LogP contribution is -2.58. The molecule has 1 N–H and O–H groups in total. The minimum Gasteiger partial charge on any atom is -0.481 e. The molecule has 2 atom stereocenters. The zero-order chi connectivity index (χ0) is 26.8. The molecule has 0 aromatic heterocycles. The van der Waals surface area contributed by atoms with Crippen molar-refractivity contribution in [1.29, 1.82) is 0 Å². The Morgan fingerprint density at radius 2 is 1.72 bits per heavy atom. The minimum atomic E-state index is -4.49. The molecule has 1 aliphatic heterocycles. The van der Waals surface area contributed by atoms with E-state index in [2.05, 4.69) is 4.90 Å². The molecule has 1 saturated heterocycles. The summed E-state index contributed by atoms with van der Waals surface area (Å²) >= 11 is 5.81. The monoisotopic (exact) mass is 546 g/mol. The molecule has 0 amide bonds. The molecule has 0 saturated carbocycles. The molecule has 3 rings (SSSR count). The van der Waals surface area contributed by atoms with Crippen LogP contribution in [0.1, 0.15) is 42.5 Å². The van der Waals surface area contributed by atoms with E-state index in [-0.39, 0.29) is 28.4 Å². The molecular weight excluding hydrogens is 517 g/mol. The van der Waals surface area contributed by atoms with Gasteiger partial charge in [0.05, 0.1) is 21.9 Å². The molecule has 11 heteroatoms. The third-order valence-corrected chi connectivity index (χ3v) is 8.65. The number of carbonyl (C=O) groups is 1. The lowest BCUT2D eigenvalue weighted by molar-refractivity contribution is -0.138. The smallest absolute Gasteiger partial charge is 0.417 e. The fourth-order valence-corrected chi connectivity index (χ4v) is 7.17. The number of hydrogen-bond donors (Lipinski definition) is 1. The third-order valence-electron chi connectivity index (χ3n) is 6.23. The van der Waals surface area contributed by atoms with Crippen LogP contribution in [0.5, 0.6) is 0 Å². The van der Waals surface area contributed by atoms with Crippen LogP contribution in [0.15, 0.2) is 41.3 Å². The van der Waals surface area contributed by atoms with Gasteiger partial charge >= 0.3 is 12.1 Å². The topological polar surface area (TPSA) is 77.9 Å². The van der Waals surface area contributed by atoms with Crippen LogP contribution in [0.2, 0.25) is 5.02 Å². The van der Waals surface area contributed by atoms with Gasteiger partial charge in [-0.15, -0.1) is 0 Å². The van der Waals surface area contributed by atoms with Gasteiger partial charge in [0.1, 0.15) is 0 Å². The highest BCUT2D eigenvalue weighted by molar-refractivity contribution is 7.89. The molecule has 2 unspecified atom stereocenters. The Labute approximate surface area is 214 Å². The maximum absolute atomic E-state index is 13.5. The highest BCUT2D eigenvalue weighted by Crippen LogP contribution is 2.35. The SMILES string of the molecule is Cc1cc(CC(=O)O)cc(S(=O)(=O)N2C(C)CN(CCCc3ccc(C(F)(F)F)c(Cl)c3)CC2C)c1. The summed E-state index contributed by atoms with van der Waals surface area (Å²) in [7, 11) is -3.84. The number of hydrogen-bond acceptors (Lipinski definition) is 4. The maximum atomic E-state index is 13.5. The molecule has 6 nitrogen and oxygen atoms in total. The third kappa shape index (κ3) is 6.79. The molecule has 1 heterocycles. The zero-order valence-corrected chi connectivity index (χ0v) is 21.9. The molecule has 1 aliphatic rings. The van der Waals surface area contributed by atoms with Crippen LogP contribution >= 0.6 is 11.6 Å². The van der Waals surface area contributed by atoms with Gasteiger partial charge in [-0.2, -0.15) is 17.5 Å². The van der Waals surface area contributed by atoms with Crippen molar-refractivity contribution in [2.75, 3.05) is 19.6 Å². The van der Waals surface area contributed by atoms with Gasteiger partial charge in [0, 0.05) is 25.2 Å². The minimum absolute atomic E-state index is 0.0880. The Bertz CT molecular complexity index is 1210. The molecule has 0 aliphatic carbocycles. The number of carboxylic acids is 1. The fraction of sp³-hybridized carbons (Fsp3) is 0.480. The predicted octanol–water partition coefficient (Wildman–Crippen LogP) is 5.01. The van der Waals surface area contributed by atoms with Crippen molar-refractivity contribution in [2.24, 2.45) is 0 Å². The number of alkyl halides is 3.